The molecule has 0 atom stereocenters. The van der Waals surface area contributed by atoms with E-state index in [1.54, 1.807) is 0 Å². The number of benzene rings is 1. The Kier molecular flexibility index (Phi) is 5.35. The molecule has 2 saturated heterocycles. The van der Waals surface area contributed by atoms with Crippen LogP contribution in [-0.2, 0) is 11.2 Å². The molecule has 6 heteroatoms. The smallest absolute Gasteiger partial charge is 0.338 e. The topological polar surface area (TPSA) is 61.9 Å². The third-order valence-corrected chi connectivity index (χ3v) is 5.01. The molecule has 2 fully saturated rings. The van der Waals surface area contributed by atoms with Crippen molar-refractivity contribution in [3.63, 3.8) is 0 Å². The van der Waals surface area contributed by atoms with E-state index in [0.29, 0.717) is 11.6 Å². The summed E-state index contributed by atoms with van der Waals surface area (Å²) in [5.41, 5.74) is 1.69. The minimum atomic E-state index is -0.274. The van der Waals surface area contributed by atoms with Gasteiger partial charge in [-0.05, 0) is 30.9 Å². The fourth-order valence-corrected chi connectivity index (χ4v) is 3.62. The first-order chi connectivity index (χ1) is 11.7. The standard InChI is InChI=1S/C18H25N3O3/c1-24-17(22)16-5-3-2-4-14(16)6-10-20-11-7-15(8-12-20)21-13-9-19-18(21)23/h2-5,15H,6-13H2,1H3,(H,19,23). The van der Waals surface area contributed by atoms with Gasteiger partial charge in [0.2, 0.25) is 0 Å². The molecule has 0 bridgehead atoms. The van der Waals surface area contributed by atoms with E-state index in [1.807, 2.05) is 29.2 Å². The van der Waals surface area contributed by atoms with E-state index in [1.165, 1.54) is 7.11 Å². The number of nitrogens with zero attached hydrogens (tertiary/aromatic N) is 2. The molecular formula is C18H25N3O3. The van der Waals surface area contributed by atoms with E-state index >= 15 is 0 Å². The maximum absolute atomic E-state index is 11.8. The Labute approximate surface area is 142 Å². The zero-order valence-electron chi connectivity index (χ0n) is 14.2. The number of amides is 2. The van der Waals surface area contributed by atoms with Gasteiger partial charge in [0.05, 0.1) is 12.7 Å². The second-order valence-corrected chi connectivity index (χ2v) is 6.40. The Hall–Kier alpha value is -2.08. The molecule has 0 aromatic heterocycles. The van der Waals surface area contributed by atoms with Crippen molar-refractivity contribution in [3.05, 3.63) is 35.4 Å². The summed E-state index contributed by atoms with van der Waals surface area (Å²) in [6, 6.07) is 8.08. The summed E-state index contributed by atoms with van der Waals surface area (Å²) in [4.78, 5) is 28.0. The number of nitrogens with one attached hydrogen (secondary N) is 1. The first kappa shape index (κ1) is 16.8. The lowest BCUT2D eigenvalue weighted by Gasteiger charge is -2.36. The maximum atomic E-state index is 11.8. The number of piperidine rings is 1. The third-order valence-electron chi connectivity index (χ3n) is 5.01. The van der Waals surface area contributed by atoms with E-state index in [9.17, 15) is 9.59 Å². The van der Waals surface area contributed by atoms with Crippen molar-refractivity contribution in [1.29, 1.82) is 0 Å². The van der Waals surface area contributed by atoms with Crippen LogP contribution in [0.25, 0.3) is 0 Å². The third kappa shape index (κ3) is 3.70. The molecule has 6 nitrogen and oxygen atoms in total. The van der Waals surface area contributed by atoms with Crippen molar-refractivity contribution in [3.8, 4) is 0 Å². The molecular weight excluding hydrogens is 306 g/mol. The highest BCUT2D eigenvalue weighted by Gasteiger charge is 2.30. The first-order valence-electron chi connectivity index (χ1n) is 8.62. The summed E-state index contributed by atoms with van der Waals surface area (Å²) in [7, 11) is 1.42. The van der Waals surface area contributed by atoms with Gasteiger partial charge in [0, 0.05) is 38.8 Å². The van der Waals surface area contributed by atoms with Gasteiger partial charge in [0.1, 0.15) is 0 Å². The van der Waals surface area contributed by atoms with Crippen molar-refractivity contribution >= 4 is 12.0 Å². The molecule has 1 N–H and O–H groups in total. The molecule has 0 unspecified atom stereocenters. The summed E-state index contributed by atoms with van der Waals surface area (Å²) in [6.45, 7) is 4.51. The SMILES string of the molecule is COC(=O)c1ccccc1CCN1CCC(N2CCNC2=O)CC1. The van der Waals surface area contributed by atoms with E-state index in [-0.39, 0.29) is 12.0 Å². The second kappa shape index (κ2) is 7.66. The minimum absolute atomic E-state index is 0.0838. The van der Waals surface area contributed by atoms with Gasteiger partial charge in [0.25, 0.3) is 0 Å². The summed E-state index contributed by atoms with van der Waals surface area (Å²) in [6.07, 6.45) is 2.87. The van der Waals surface area contributed by atoms with Gasteiger partial charge >= 0.3 is 12.0 Å². The molecule has 130 valence electrons. The molecule has 2 amide bonds. The number of hydrogen-bond acceptors (Lipinski definition) is 4. The predicted molar refractivity (Wildman–Crippen MR) is 91.1 cm³/mol. The summed E-state index contributed by atoms with van der Waals surface area (Å²) >= 11 is 0. The van der Waals surface area contributed by atoms with Crippen LogP contribution < -0.4 is 5.32 Å². The van der Waals surface area contributed by atoms with Crippen molar-refractivity contribution in [2.45, 2.75) is 25.3 Å². The fraction of sp³-hybridized carbons (Fsp3) is 0.556. The van der Waals surface area contributed by atoms with Crippen molar-refractivity contribution in [2.75, 3.05) is 39.8 Å². The highest BCUT2D eigenvalue weighted by atomic mass is 16.5. The van der Waals surface area contributed by atoms with Crippen molar-refractivity contribution < 1.29 is 14.3 Å². The van der Waals surface area contributed by atoms with E-state index in [2.05, 4.69) is 10.2 Å². The molecule has 1 aromatic carbocycles. The Morgan fingerprint density at radius 2 is 2.00 bits per heavy atom. The number of esters is 1. The molecule has 2 heterocycles. The molecule has 24 heavy (non-hydrogen) atoms. The molecule has 0 aliphatic carbocycles. The van der Waals surface area contributed by atoms with Crippen LogP contribution in [0, 0.1) is 0 Å². The van der Waals surface area contributed by atoms with E-state index < -0.39 is 0 Å². The van der Waals surface area contributed by atoms with Gasteiger partial charge in [0.15, 0.2) is 0 Å². The summed E-state index contributed by atoms with van der Waals surface area (Å²) in [5, 5.41) is 2.88. The highest BCUT2D eigenvalue weighted by molar-refractivity contribution is 5.90. The van der Waals surface area contributed by atoms with E-state index in [4.69, 9.17) is 4.74 Å². The molecule has 0 radical (unpaired) electrons. The Morgan fingerprint density at radius 1 is 1.25 bits per heavy atom. The lowest BCUT2D eigenvalue weighted by Crippen LogP contribution is -2.46. The lowest BCUT2D eigenvalue weighted by atomic mass is 10.0. The zero-order valence-corrected chi connectivity index (χ0v) is 14.2. The molecule has 2 aliphatic heterocycles. The Bertz CT molecular complexity index is 597. The molecule has 2 aliphatic rings. The average Bonchev–Trinajstić information content (AvgIpc) is 3.06. The largest absolute Gasteiger partial charge is 0.465 e. The predicted octanol–water partition coefficient (Wildman–Crippen LogP) is 1.51. The minimum Gasteiger partial charge on any atom is -0.465 e. The Morgan fingerprint density at radius 3 is 2.67 bits per heavy atom. The maximum Gasteiger partial charge on any atom is 0.338 e. The number of likely N-dealkylation sites (tertiary alicyclic amines) is 1. The van der Waals surface area contributed by atoms with Gasteiger partial charge < -0.3 is 19.9 Å². The summed E-state index contributed by atoms with van der Waals surface area (Å²) < 4.78 is 4.85. The van der Waals surface area contributed by atoms with Crippen LogP contribution in [-0.4, -0.2) is 67.7 Å². The molecule has 3 rings (SSSR count). The average molecular weight is 331 g/mol. The van der Waals surface area contributed by atoms with Crippen LogP contribution in [0.5, 0.6) is 0 Å². The lowest BCUT2D eigenvalue weighted by molar-refractivity contribution is 0.0599. The van der Waals surface area contributed by atoms with Crippen molar-refractivity contribution in [1.82, 2.24) is 15.1 Å². The number of hydrogen-bond donors (Lipinski definition) is 1. The Balaban J connectivity index is 1.50. The van der Waals surface area contributed by atoms with Gasteiger partial charge in [-0.3, -0.25) is 0 Å². The molecule has 0 saturated carbocycles. The number of methoxy groups -OCH3 is 1. The van der Waals surface area contributed by atoms with Crippen LogP contribution in [0.4, 0.5) is 4.79 Å². The second-order valence-electron chi connectivity index (χ2n) is 6.40. The van der Waals surface area contributed by atoms with Crippen LogP contribution in [0.1, 0.15) is 28.8 Å². The summed E-state index contributed by atoms with van der Waals surface area (Å²) in [5.74, 6) is -0.274. The van der Waals surface area contributed by atoms with Crippen molar-refractivity contribution in [2.24, 2.45) is 0 Å². The number of carbonyl (C=O) groups excluding carboxylic acids is 2. The highest BCUT2D eigenvalue weighted by Crippen LogP contribution is 2.19. The molecule has 1 aromatic rings. The van der Waals surface area contributed by atoms with Gasteiger partial charge in [-0.15, -0.1) is 0 Å². The van der Waals surface area contributed by atoms with Crippen LogP contribution >= 0.6 is 0 Å². The van der Waals surface area contributed by atoms with Gasteiger partial charge in [-0.25, -0.2) is 9.59 Å². The van der Waals surface area contributed by atoms with E-state index in [0.717, 1.165) is 57.5 Å². The fourth-order valence-electron chi connectivity index (χ4n) is 3.62. The number of urea groups is 1. The normalized spacial score (nSPS) is 19.4. The quantitative estimate of drug-likeness (QED) is 0.831. The van der Waals surface area contributed by atoms with Crippen LogP contribution in [0.2, 0.25) is 0 Å². The first-order valence-corrected chi connectivity index (χ1v) is 8.62. The number of carbonyl (C=O) groups is 2. The van der Waals surface area contributed by atoms with Gasteiger partial charge in [-0.1, -0.05) is 18.2 Å². The van der Waals surface area contributed by atoms with Crippen LogP contribution in [0.3, 0.4) is 0 Å². The van der Waals surface area contributed by atoms with Gasteiger partial charge in [-0.2, -0.15) is 0 Å². The number of ether oxygens (including phenoxy) is 1. The van der Waals surface area contributed by atoms with Crippen LogP contribution in [0.15, 0.2) is 24.3 Å². The monoisotopic (exact) mass is 331 g/mol. The molecule has 0 spiro atoms. The number of rotatable bonds is 5. The zero-order chi connectivity index (χ0) is 16.9.